The summed E-state index contributed by atoms with van der Waals surface area (Å²) in [6.07, 6.45) is 0. The molecule has 1 unspecified atom stereocenters. The average molecular weight is 340 g/mol. The Morgan fingerprint density at radius 3 is 2.63 bits per heavy atom. The lowest BCUT2D eigenvalue weighted by Gasteiger charge is -2.14. The van der Waals surface area contributed by atoms with E-state index in [1.807, 2.05) is 0 Å². The van der Waals surface area contributed by atoms with Gasteiger partial charge in [0.2, 0.25) is 0 Å². The van der Waals surface area contributed by atoms with E-state index >= 15 is 0 Å². The molecular formula is C14H9BrClFN2. The zero-order valence-electron chi connectivity index (χ0n) is 9.70. The molecule has 2 aromatic rings. The molecule has 2 nitrogen and oxygen atoms in total. The van der Waals surface area contributed by atoms with Gasteiger partial charge < -0.3 is 5.32 Å². The van der Waals surface area contributed by atoms with E-state index in [2.05, 4.69) is 27.3 Å². The van der Waals surface area contributed by atoms with Crippen LogP contribution in [0.3, 0.4) is 0 Å². The Hall–Kier alpha value is -1.57. The Labute approximate surface area is 123 Å². The molecule has 0 amide bonds. The topological polar surface area (TPSA) is 35.8 Å². The fourth-order valence-corrected chi connectivity index (χ4v) is 2.05. The molecule has 0 saturated heterocycles. The van der Waals surface area contributed by atoms with Crippen molar-refractivity contribution in [2.24, 2.45) is 0 Å². The molecule has 0 aliphatic rings. The van der Waals surface area contributed by atoms with Crippen LogP contribution in [0.2, 0.25) is 5.02 Å². The summed E-state index contributed by atoms with van der Waals surface area (Å²) >= 11 is 9.27. The zero-order valence-corrected chi connectivity index (χ0v) is 12.0. The van der Waals surface area contributed by atoms with Crippen LogP contribution in [0.1, 0.15) is 11.6 Å². The number of para-hydroxylation sites is 1. The van der Waals surface area contributed by atoms with E-state index in [4.69, 9.17) is 11.6 Å². The van der Waals surface area contributed by atoms with E-state index in [0.29, 0.717) is 10.6 Å². The molecule has 96 valence electrons. The first-order valence-electron chi connectivity index (χ1n) is 5.47. The Kier molecular flexibility index (Phi) is 4.41. The van der Waals surface area contributed by atoms with Crippen LogP contribution in [0.15, 0.2) is 46.9 Å². The summed E-state index contributed by atoms with van der Waals surface area (Å²) in [6, 6.07) is 12.8. The highest BCUT2D eigenvalue weighted by atomic mass is 79.9. The highest BCUT2D eigenvalue weighted by molar-refractivity contribution is 9.10. The van der Waals surface area contributed by atoms with Gasteiger partial charge in [0.05, 0.1) is 16.8 Å². The number of hydrogen-bond donors (Lipinski definition) is 1. The van der Waals surface area contributed by atoms with Gasteiger partial charge in [0.1, 0.15) is 11.9 Å². The van der Waals surface area contributed by atoms with Gasteiger partial charge in [-0.05, 0) is 45.8 Å². The largest absolute Gasteiger partial charge is 0.364 e. The third kappa shape index (κ3) is 3.25. The molecular weight excluding hydrogens is 331 g/mol. The molecule has 5 heteroatoms. The van der Waals surface area contributed by atoms with E-state index in [9.17, 15) is 9.65 Å². The van der Waals surface area contributed by atoms with Crippen molar-refractivity contribution in [2.45, 2.75) is 6.04 Å². The summed E-state index contributed by atoms with van der Waals surface area (Å²) < 4.78 is 14.3. The first-order valence-corrected chi connectivity index (χ1v) is 6.64. The van der Waals surface area contributed by atoms with Gasteiger partial charge in [-0.1, -0.05) is 29.8 Å². The predicted octanol–water partition coefficient (Wildman–Crippen LogP) is 4.92. The van der Waals surface area contributed by atoms with Crippen molar-refractivity contribution in [3.05, 3.63) is 63.3 Å². The van der Waals surface area contributed by atoms with Gasteiger partial charge in [0.15, 0.2) is 0 Å². The minimum absolute atomic E-state index is 0.285. The van der Waals surface area contributed by atoms with Gasteiger partial charge in [-0.3, -0.25) is 0 Å². The van der Waals surface area contributed by atoms with Crippen LogP contribution >= 0.6 is 27.5 Å². The Morgan fingerprint density at radius 1 is 1.26 bits per heavy atom. The molecule has 0 fully saturated rings. The maximum absolute atomic E-state index is 13.5. The fourth-order valence-electron chi connectivity index (χ4n) is 1.62. The summed E-state index contributed by atoms with van der Waals surface area (Å²) in [5.74, 6) is -0.397. The molecule has 0 radical (unpaired) electrons. The van der Waals surface area contributed by atoms with Crippen LogP contribution in [0.25, 0.3) is 0 Å². The predicted molar refractivity (Wildman–Crippen MR) is 77.5 cm³/mol. The molecule has 19 heavy (non-hydrogen) atoms. The van der Waals surface area contributed by atoms with Crippen LogP contribution < -0.4 is 5.32 Å². The second-order valence-electron chi connectivity index (χ2n) is 3.86. The van der Waals surface area contributed by atoms with Gasteiger partial charge in [-0.15, -0.1) is 0 Å². The summed E-state index contributed by atoms with van der Waals surface area (Å²) in [4.78, 5) is 0. The standard InChI is InChI=1S/C14H9BrClFN2/c15-10-6-5-9(7-11(10)16)14(8-18)19-13-4-2-1-3-12(13)17/h1-7,14,19H. The molecule has 0 bridgehead atoms. The molecule has 2 rings (SSSR count). The molecule has 0 heterocycles. The van der Waals surface area contributed by atoms with Gasteiger partial charge in [-0.25, -0.2) is 4.39 Å². The van der Waals surface area contributed by atoms with Crippen LogP contribution in [-0.4, -0.2) is 0 Å². The van der Waals surface area contributed by atoms with Crippen LogP contribution in [0.5, 0.6) is 0 Å². The lowest BCUT2D eigenvalue weighted by molar-refractivity contribution is 0.629. The third-order valence-corrected chi connectivity index (χ3v) is 3.81. The van der Waals surface area contributed by atoms with E-state index < -0.39 is 11.9 Å². The monoisotopic (exact) mass is 338 g/mol. The molecule has 0 spiro atoms. The van der Waals surface area contributed by atoms with E-state index in [1.165, 1.54) is 6.07 Å². The Morgan fingerprint density at radius 2 is 2.00 bits per heavy atom. The maximum atomic E-state index is 13.5. The summed E-state index contributed by atoms with van der Waals surface area (Å²) in [5, 5.41) is 12.6. The third-order valence-electron chi connectivity index (χ3n) is 2.58. The first kappa shape index (κ1) is 13.9. The number of rotatable bonds is 3. The smallest absolute Gasteiger partial charge is 0.146 e. The van der Waals surface area contributed by atoms with Gasteiger partial charge in [0.25, 0.3) is 0 Å². The number of benzene rings is 2. The highest BCUT2D eigenvalue weighted by Gasteiger charge is 2.13. The first-order chi connectivity index (χ1) is 9.11. The number of hydrogen-bond acceptors (Lipinski definition) is 2. The lowest BCUT2D eigenvalue weighted by atomic mass is 10.1. The molecule has 1 N–H and O–H groups in total. The normalized spacial score (nSPS) is 11.7. The molecule has 0 aromatic heterocycles. The van der Waals surface area contributed by atoms with Crippen molar-refractivity contribution < 1.29 is 4.39 Å². The molecule has 0 saturated carbocycles. The summed E-state index contributed by atoms with van der Waals surface area (Å²) in [6.45, 7) is 0. The molecule has 0 aliphatic heterocycles. The van der Waals surface area contributed by atoms with Gasteiger partial charge >= 0.3 is 0 Å². The molecule has 1 atom stereocenters. The summed E-state index contributed by atoms with van der Waals surface area (Å²) in [5.41, 5.74) is 0.965. The SMILES string of the molecule is N#CC(Nc1ccccc1F)c1ccc(Br)c(Cl)c1. The summed E-state index contributed by atoms with van der Waals surface area (Å²) in [7, 11) is 0. The quantitative estimate of drug-likeness (QED) is 0.861. The van der Waals surface area contributed by atoms with Crippen molar-refractivity contribution in [2.75, 3.05) is 5.32 Å². The number of nitrogens with one attached hydrogen (secondary N) is 1. The lowest BCUT2D eigenvalue weighted by Crippen LogP contribution is -2.09. The van der Waals surface area contributed by atoms with Crippen molar-refractivity contribution in [1.82, 2.24) is 0 Å². The van der Waals surface area contributed by atoms with Crippen LogP contribution in [0, 0.1) is 17.1 Å². The van der Waals surface area contributed by atoms with E-state index in [0.717, 1.165) is 4.47 Å². The van der Waals surface area contributed by atoms with E-state index in [-0.39, 0.29) is 5.69 Å². The number of halogens is 3. The van der Waals surface area contributed by atoms with Crippen LogP contribution in [-0.2, 0) is 0 Å². The van der Waals surface area contributed by atoms with Gasteiger partial charge in [0, 0.05) is 4.47 Å². The van der Waals surface area contributed by atoms with Crippen molar-refractivity contribution in [1.29, 1.82) is 5.26 Å². The second-order valence-corrected chi connectivity index (χ2v) is 5.12. The second kappa shape index (κ2) is 6.05. The molecule has 0 aliphatic carbocycles. The Bertz CT molecular complexity index is 640. The minimum atomic E-state index is -0.664. The molecule has 2 aromatic carbocycles. The highest BCUT2D eigenvalue weighted by Crippen LogP contribution is 2.28. The number of nitrogens with zero attached hydrogens (tertiary/aromatic N) is 1. The van der Waals surface area contributed by atoms with Crippen LogP contribution in [0.4, 0.5) is 10.1 Å². The number of anilines is 1. The fraction of sp³-hybridized carbons (Fsp3) is 0.0714. The van der Waals surface area contributed by atoms with E-state index in [1.54, 1.807) is 36.4 Å². The average Bonchev–Trinajstić information content (AvgIpc) is 2.41. The Balaban J connectivity index is 2.28. The van der Waals surface area contributed by atoms with Crippen molar-refractivity contribution in [3.63, 3.8) is 0 Å². The van der Waals surface area contributed by atoms with Gasteiger partial charge in [-0.2, -0.15) is 5.26 Å². The van der Waals surface area contributed by atoms with Crippen molar-refractivity contribution >= 4 is 33.2 Å². The van der Waals surface area contributed by atoms with Crippen molar-refractivity contribution in [3.8, 4) is 6.07 Å². The zero-order chi connectivity index (χ0) is 13.8. The number of nitriles is 1. The maximum Gasteiger partial charge on any atom is 0.146 e. The minimum Gasteiger partial charge on any atom is -0.364 e.